The maximum Gasteiger partial charge on any atom is 0.233 e. The van der Waals surface area contributed by atoms with E-state index in [0.717, 1.165) is 22.8 Å². The summed E-state index contributed by atoms with van der Waals surface area (Å²) in [4.78, 5) is 9.10. The molecule has 1 aromatic rings. The number of rotatable bonds is 2. The number of hydrogen-bond donors (Lipinski definition) is 0. The molecule has 5 heteroatoms. The Labute approximate surface area is 91.2 Å². The summed E-state index contributed by atoms with van der Waals surface area (Å²) < 4.78 is 5.29. The van der Waals surface area contributed by atoms with Crippen molar-refractivity contribution >= 4 is 23.4 Å². The number of nitrogens with zero attached hydrogens (tertiary/aromatic N) is 2. The molecule has 0 aliphatic carbocycles. The fraction of sp³-hybridized carbons (Fsp3) is 0.333. The Hall–Kier alpha value is -0.920. The molecule has 0 amide bonds. The summed E-state index contributed by atoms with van der Waals surface area (Å²) in [5, 5.41) is 0.221. The molecule has 2 heterocycles. The van der Waals surface area contributed by atoms with Gasteiger partial charge in [0.2, 0.25) is 11.2 Å². The van der Waals surface area contributed by atoms with Crippen LogP contribution in [0.1, 0.15) is 5.69 Å². The molecule has 0 atom stereocenters. The third kappa shape index (κ3) is 1.79. The van der Waals surface area contributed by atoms with Gasteiger partial charge in [0.1, 0.15) is 0 Å². The van der Waals surface area contributed by atoms with Gasteiger partial charge in [-0.25, -0.2) is 4.98 Å². The van der Waals surface area contributed by atoms with Crippen molar-refractivity contribution in [1.82, 2.24) is 9.97 Å². The van der Waals surface area contributed by atoms with Gasteiger partial charge >= 0.3 is 0 Å². The van der Waals surface area contributed by atoms with Crippen LogP contribution in [0.4, 0.5) is 0 Å². The predicted octanol–water partition coefficient (Wildman–Crippen LogP) is 1.79. The number of fused-ring (bicyclic) bond motifs is 1. The van der Waals surface area contributed by atoms with Gasteiger partial charge < -0.3 is 4.74 Å². The third-order valence-corrected chi connectivity index (χ3v) is 3.03. The van der Waals surface area contributed by atoms with E-state index in [1.54, 1.807) is 11.8 Å². The van der Waals surface area contributed by atoms with Crippen LogP contribution in [0.5, 0.6) is 5.88 Å². The standard InChI is InChI=1S/C9H7ClN2OS/c1-2-4-13-8-7-6(3-5-14-7)11-9(10)12-8/h1H,3-5H2. The van der Waals surface area contributed by atoms with Crippen molar-refractivity contribution < 1.29 is 4.74 Å². The van der Waals surface area contributed by atoms with Gasteiger partial charge in [0.25, 0.3) is 0 Å². The second-order valence-electron chi connectivity index (χ2n) is 2.66. The molecular formula is C9H7ClN2OS. The zero-order valence-electron chi connectivity index (χ0n) is 7.29. The van der Waals surface area contributed by atoms with E-state index in [-0.39, 0.29) is 11.9 Å². The Morgan fingerprint density at radius 2 is 2.43 bits per heavy atom. The molecule has 0 aromatic carbocycles. The van der Waals surface area contributed by atoms with Crippen LogP contribution in [-0.2, 0) is 6.42 Å². The van der Waals surface area contributed by atoms with Crippen LogP contribution in [0.2, 0.25) is 5.28 Å². The highest BCUT2D eigenvalue weighted by Gasteiger charge is 2.20. The quantitative estimate of drug-likeness (QED) is 0.569. The minimum absolute atomic E-state index is 0.209. The predicted molar refractivity (Wildman–Crippen MR) is 55.8 cm³/mol. The van der Waals surface area contributed by atoms with Crippen molar-refractivity contribution in [3.8, 4) is 18.2 Å². The average molecular weight is 227 g/mol. The topological polar surface area (TPSA) is 35.0 Å². The molecule has 1 aliphatic rings. The van der Waals surface area contributed by atoms with Crippen molar-refractivity contribution in [2.24, 2.45) is 0 Å². The molecular weight excluding hydrogens is 220 g/mol. The van der Waals surface area contributed by atoms with Crippen molar-refractivity contribution in [3.05, 3.63) is 11.0 Å². The van der Waals surface area contributed by atoms with E-state index in [1.165, 1.54) is 0 Å². The lowest BCUT2D eigenvalue weighted by molar-refractivity contribution is 0.344. The van der Waals surface area contributed by atoms with E-state index >= 15 is 0 Å². The summed E-state index contributed by atoms with van der Waals surface area (Å²) in [5.74, 6) is 3.90. The van der Waals surface area contributed by atoms with Gasteiger partial charge in [-0.1, -0.05) is 5.92 Å². The number of aromatic nitrogens is 2. The summed E-state index contributed by atoms with van der Waals surface area (Å²) in [5.41, 5.74) is 0.960. The molecule has 72 valence electrons. The molecule has 14 heavy (non-hydrogen) atoms. The number of hydrogen-bond acceptors (Lipinski definition) is 4. The maximum absolute atomic E-state index is 5.74. The van der Waals surface area contributed by atoms with Gasteiger partial charge in [0.05, 0.1) is 10.6 Å². The van der Waals surface area contributed by atoms with Crippen molar-refractivity contribution in [3.63, 3.8) is 0 Å². The highest BCUT2D eigenvalue weighted by Crippen LogP contribution is 2.37. The fourth-order valence-corrected chi connectivity index (χ4v) is 2.44. The minimum Gasteiger partial charge on any atom is -0.464 e. The highest BCUT2D eigenvalue weighted by atomic mass is 35.5. The number of terminal acetylenes is 1. The maximum atomic E-state index is 5.74. The van der Waals surface area contributed by atoms with Gasteiger partial charge in [0, 0.05) is 12.2 Å². The lowest BCUT2D eigenvalue weighted by Gasteiger charge is -2.05. The van der Waals surface area contributed by atoms with Crippen molar-refractivity contribution in [1.29, 1.82) is 0 Å². The molecule has 0 N–H and O–H groups in total. The van der Waals surface area contributed by atoms with Crippen molar-refractivity contribution in [2.45, 2.75) is 11.3 Å². The molecule has 0 unspecified atom stereocenters. The van der Waals surface area contributed by atoms with E-state index in [4.69, 9.17) is 22.8 Å². The Balaban J connectivity index is 2.34. The largest absolute Gasteiger partial charge is 0.464 e. The molecule has 0 radical (unpaired) electrons. The number of halogens is 1. The minimum atomic E-state index is 0.209. The van der Waals surface area contributed by atoms with Crippen LogP contribution in [0.3, 0.4) is 0 Å². The molecule has 0 saturated carbocycles. The summed E-state index contributed by atoms with van der Waals surface area (Å²) in [6.07, 6.45) is 6.01. The van der Waals surface area contributed by atoms with Crippen LogP contribution in [-0.4, -0.2) is 22.3 Å². The van der Waals surface area contributed by atoms with Gasteiger partial charge in [-0.05, 0) is 11.6 Å². The van der Waals surface area contributed by atoms with Crippen LogP contribution in [0, 0.1) is 12.3 Å². The molecule has 2 rings (SSSR count). The Bertz CT molecular complexity index is 403. The summed E-state index contributed by atoms with van der Waals surface area (Å²) in [6.45, 7) is 0.209. The van der Waals surface area contributed by atoms with E-state index in [2.05, 4.69) is 15.9 Å². The highest BCUT2D eigenvalue weighted by molar-refractivity contribution is 7.99. The van der Waals surface area contributed by atoms with E-state index in [1.807, 2.05) is 0 Å². The molecule has 0 spiro atoms. The first-order valence-electron chi connectivity index (χ1n) is 4.06. The van der Waals surface area contributed by atoms with Crippen LogP contribution < -0.4 is 4.74 Å². The normalized spacial score (nSPS) is 13.4. The first-order chi connectivity index (χ1) is 6.81. The summed E-state index contributed by atoms with van der Waals surface area (Å²) in [7, 11) is 0. The lowest BCUT2D eigenvalue weighted by Crippen LogP contribution is -2.00. The van der Waals surface area contributed by atoms with Crippen molar-refractivity contribution in [2.75, 3.05) is 12.4 Å². The van der Waals surface area contributed by atoms with Gasteiger partial charge in [-0.15, -0.1) is 18.2 Å². The number of ether oxygens (including phenoxy) is 1. The summed E-state index contributed by atoms with van der Waals surface area (Å²) in [6, 6.07) is 0. The van der Waals surface area contributed by atoms with Crippen LogP contribution in [0.25, 0.3) is 0 Å². The molecule has 1 aromatic heterocycles. The third-order valence-electron chi connectivity index (χ3n) is 1.75. The smallest absolute Gasteiger partial charge is 0.233 e. The molecule has 0 bridgehead atoms. The Morgan fingerprint density at radius 1 is 1.57 bits per heavy atom. The van der Waals surface area contributed by atoms with Gasteiger partial charge in [-0.2, -0.15) is 4.98 Å². The van der Waals surface area contributed by atoms with E-state index in [0.29, 0.717) is 5.88 Å². The number of aryl methyl sites for hydroxylation is 1. The molecule has 1 aliphatic heterocycles. The van der Waals surface area contributed by atoms with Crippen LogP contribution in [0.15, 0.2) is 4.90 Å². The second kappa shape index (κ2) is 4.07. The Morgan fingerprint density at radius 3 is 3.21 bits per heavy atom. The zero-order valence-corrected chi connectivity index (χ0v) is 8.86. The van der Waals surface area contributed by atoms with E-state index < -0.39 is 0 Å². The number of thioether (sulfide) groups is 1. The molecule has 0 fully saturated rings. The second-order valence-corrected chi connectivity index (χ2v) is 4.11. The van der Waals surface area contributed by atoms with Crippen LogP contribution >= 0.6 is 23.4 Å². The fourth-order valence-electron chi connectivity index (χ4n) is 1.22. The van der Waals surface area contributed by atoms with Gasteiger partial charge in [0.15, 0.2) is 6.61 Å². The first kappa shape index (κ1) is 9.63. The SMILES string of the molecule is C#CCOc1nc(Cl)nc2c1SCC2. The molecule has 0 saturated heterocycles. The average Bonchev–Trinajstić information content (AvgIpc) is 2.61. The van der Waals surface area contributed by atoms with E-state index in [9.17, 15) is 0 Å². The monoisotopic (exact) mass is 226 g/mol. The summed E-state index contributed by atoms with van der Waals surface area (Å²) >= 11 is 7.42. The zero-order chi connectivity index (χ0) is 9.97. The molecule has 3 nitrogen and oxygen atoms in total. The lowest BCUT2D eigenvalue weighted by atomic mass is 10.3. The first-order valence-corrected chi connectivity index (χ1v) is 5.43. The Kier molecular flexibility index (Phi) is 2.80. The van der Waals surface area contributed by atoms with Gasteiger partial charge in [-0.3, -0.25) is 0 Å².